The van der Waals surface area contributed by atoms with E-state index in [4.69, 9.17) is 4.74 Å². The molecule has 2 heterocycles. The zero-order chi connectivity index (χ0) is 16.2. The van der Waals surface area contributed by atoms with E-state index in [1.54, 1.807) is 0 Å². The van der Waals surface area contributed by atoms with Gasteiger partial charge in [-0.2, -0.15) is 0 Å². The Kier molecular flexibility index (Phi) is 8.07. The number of likely N-dealkylation sites (tertiary alicyclic amines) is 1. The van der Waals surface area contributed by atoms with Crippen LogP contribution in [0.5, 0.6) is 0 Å². The van der Waals surface area contributed by atoms with Gasteiger partial charge in [-0.05, 0) is 32.1 Å². The van der Waals surface area contributed by atoms with Crippen LogP contribution in [-0.2, 0) is 4.74 Å². The van der Waals surface area contributed by atoms with Crippen LogP contribution in [0.2, 0.25) is 0 Å². The molecule has 2 aliphatic rings. The summed E-state index contributed by atoms with van der Waals surface area (Å²) in [6, 6.07) is 0. The van der Waals surface area contributed by atoms with Crippen molar-refractivity contribution in [2.24, 2.45) is 10.4 Å². The van der Waals surface area contributed by atoms with Crippen molar-refractivity contribution in [2.75, 3.05) is 52.9 Å². The van der Waals surface area contributed by atoms with Gasteiger partial charge in [-0.3, -0.25) is 9.89 Å². The van der Waals surface area contributed by atoms with Crippen molar-refractivity contribution in [1.82, 2.24) is 15.1 Å². The number of hydrogen-bond donors (Lipinski definition) is 1. The van der Waals surface area contributed by atoms with Gasteiger partial charge >= 0.3 is 0 Å². The number of guanidine groups is 1. The van der Waals surface area contributed by atoms with Crippen LogP contribution in [0.15, 0.2) is 4.99 Å². The van der Waals surface area contributed by atoms with E-state index in [0.717, 1.165) is 51.8 Å². The van der Waals surface area contributed by atoms with Crippen LogP contribution in [0.3, 0.4) is 0 Å². The summed E-state index contributed by atoms with van der Waals surface area (Å²) in [6.45, 7) is 16.1. The monoisotopic (exact) mass is 438 g/mol. The quantitative estimate of drug-likeness (QED) is 0.416. The minimum atomic E-state index is -0.0161. The molecule has 2 rings (SSSR count). The van der Waals surface area contributed by atoms with Crippen LogP contribution < -0.4 is 5.32 Å². The Hall–Kier alpha value is -0.0800. The fraction of sp³-hybridized carbons (Fsp3) is 0.941. The first-order valence-electron chi connectivity index (χ1n) is 8.69. The Balaban J connectivity index is 0.00000264. The highest BCUT2D eigenvalue weighted by atomic mass is 127. The SMILES string of the molecule is CCC1(C)CCN(C(=NC)NCCN2CCOC(C)(C)C2)C1.I. The van der Waals surface area contributed by atoms with Crippen LogP contribution in [0.1, 0.15) is 40.5 Å². The smallest absolute Gasteiger partial charge is 0.193 e. The topological polar surface area (TPSA) is 40.1 Å². The van der Waals surface area contributed by atoms with Crippen molar-refractivity contribution < 1.29 is 4.74 Å². The van der Waals surface area contributed by atoms with Crippen LogP contribution in [0.25, 0.3) is 0 Å². The van der Waals surface area contributed by atoms with E-state index >= 15 is 0 Å². The summed E-state index contributed by atoms with van der Waals surface area (Å²) in [7, 11) is 1.89. The molecule has 0 aromatic carbocycles. The Morgan fingerprint density at radius 3 is 2.52 bits per heavy atom. The molecular weight excluding hydrogens is 403 g/mol. The van der Waals surface area contributed by atoms with Crippen LogP contribution in [-0.4, -0.2) is 74.3 Å². The lowest BCUT2D eigenvalue weighted by molar-refractivity contribution is -0.0852. The molecule has 6 heteroatoms. The highest BCUT2D eigenvalue weighted by Crippen LogP contribution is 2.32. The lowest BCUT2D eigenvalue weighted by atomic mass is 9.87. The summed E-state index contributed by atoms with van der Waals surface area (Å²) >= 11 is 0. The number of morpholine rings is 1. The third-order valence-electron chi connectivity index (χ3n) is 5.14. The van der Waals surface area contributed by atoms with Gasteiger partial charge in [-0.25, -0.2) is 0 Å². The lowest BCUT2D eigenvalue weighted by Gasteiger charge is -2.38. The maximum atomic E-state index is 5.77. The maximum absolute atomic E-state index is 5.77. The van der Waals surface area contributed by atoms with Gasteiger partial charge in [-0.1, -0.05) is 13.8 Å². The standard InChI is InChI=1S/C17H34N4O.HI/c1-6-17(4)7-9-21(14-17)15(18-5)19-8-10-20-11-12-22-16(2,3)13-20;/h6-14H2,1-5H3,(H,18,19);1H. The molecule has 2 saturated heterocycles. The Labute approximate surface area is 159 Å². The molecule has 0 amide bonds. The largest absolute Gasteiger partial charge is 0.373 e. The molecule has 1 N–H and O–H groups in total. The predicted molar refractivity (Wildman–Crippen MR) is 108 cm³/mol. The highest BCUT2D eigenvalue weighted by molar-refractivity contribution is 14.0. The lowest BCUT2D eigenvalue weighted by Crippen LogP contribution is -2.51. The summed E-state index contributed by atoms with van der Waals surface area (Å²) in [6.07, 6.45) is 2.51. The van der Waals surface area contributed by atoms with Crippen molar-refractivity contribution >= 4 is 29.9 Å². The van der Waals surface area contributed by atoms with Crippen LogP contribution >= 0.6 is 24.0 Å². The van der Waals surface area contributed by atoms with E-state index in [0.29, 0.717) is 5.41 Å². The fourth-order valence-electron chi connectivity index (χ4n) is 3.46. The van der Waals surface area contributed by atoms with Crippen LogP contribution in [0.4, 0.5) is 0 Å². The normalized spacial score (nSPS) is 28.6. The first-order valence-corrected chi connectivity index (χ1v) is 8.69. The van der Waals surface area contributed by atoms with Crippen molar-refractivity contribution in [1.29, 1.82) is 0 Å². The summed E-state index contributed by atoms with van der Waals surface area (Å²) in [4.78, 5) is 9.35. The number of halogens is 1. The number of nitrogens with zero attached hydrogens (tertiary/aromatic N) is 3. The molecular formula is C17H35IN4O. The Morgan fingerprint density at radius 2 is 1.96 bits per heavy atom. The molecule has 2 fully saturated rings. The molecule has 0 aromatic rings. The van der Waals surface area contributed by atoms with Gasteiger partial charge < -0.3 is 15.0 Å². The van der Waals surface area contributed by atoms with Crippen molar-refractivity contribution in [2.45, 2.75) is 46.1 Å². The Bertz CT molecular complexity index is 402. The predicted octanol–water partition coefficient (Wildman–Crippen LogP) is 2.41. The van der Waals surface area contributed by atoms with Crippen molar-refractivity contribution in [3.63, 3.8) is 0 Å². The van der Waals surface area contributed by atoms with Gasteiger partial charge in [0.1, 0.15) is 0 Å². The van der Waals surface area contributed by atoms with Gasteiger partial charge in [-0.15, -0.1) is 24.0 Å². The zero-order valence-electron chi connectivity index (χ0n) is 15.5. The van der Waals surface area contributed by atoms with Gasteiger partial charge in [0.05, 0.1) is 12.2 Å². The molecule has 5 nitrogen and oxygen atoms in total. The molecule has 23 heavy (non-hydrogen) atoms. The van der Waals surface area contributed by atoms with E-state index in [-0.39, 0.29) is 29.6 Å². The Morgan fingerprint density at radius 1 is 1.22 bits per heavy atom. The number of hydrogen-bond acceptors (Lipinski definition) is 3. The minimum absolute atomic E-state index is 0. The molecule has 0 aromatic heterocycles. The second kappa shape index (κ2) is 8.85. The number of rotatable bonds is 4. The van der Waals surface area contributed by atoms with Gasteiger partial charge in [0.2, 0.25) is 0 Å². The molecule has 0 radical (unpaired) electrons. The third kappa shape index (κ3) is 6.05. The third-order valence-corrected chi connectivity index (χ3v) is 5.14. The summed E-state index contributed by atoms with van der Waals surface area (Å²) in [5, 5.41) is 3.54. The molecule has 1 atom stereocenters. The summed E-state index contributed by atoms with van der Waals surface area (Å²) < 4.78 is 5.77. The average molecular weight is 438 g/mol. The molecule has 1 unspecified atom stereocenters. The van der Waals surface area contributed by atoms with Gasteiger partial charge in [0, 0.05) is 46.3 Å². The molecule has 0 bridgehead atoms. The van der Waals surface area contributed by atoms with E-state index in [2.05, 4.69) is 47.8 Å². The van der Waals surface area contributed by atoms with Crippen molar-refractivity contribution in [3.05, 3.63) is 0 Å². The number of nitrogens with one attached hydrogen (secondary N) is 1. The summed E-state index contributed by atoms with van der Waals surface area (Å²) in [5.41, 5.74) is 0.434. The minimum Gasteiger partial charge on any atom is -0.373 e. The highest BCUT2D eigenvalue weighted by Gasteiger charge is 2.33. The van der Waals surface area contributed by atoms with E-state index in [1.165, 1.54) is 12.8 Å². The first-order chi connectivity index (χ1) is 10.4. The van der Waals surface area contributed by atoms with Gasteiger partial charge in [0.15, 0.2) is 5.96 Å². The zero-order valence-corrected chi connectivity index (χ0v) is 17.9. The molecule has 136 valence electrons. The summed E-state index contributed by atoms with van der Waals surface area (Å²) in [5.74, 6) is 1.06. The van der Waals surface area contributed by atoms with E-state index < -0.39 is 0 Å². The van der Waals surface area contributed by atoms with Crippen molar-refractivity contribution in [3.8, 4) is 0 Å². The van der Waals surface area contributed by atoms with E-state index in [1.807, 2.05) is 7.05 Å². The average Bonchev–Trinajstić information content (AvgIpc) is 2.86. The fourth-order valence-corrected chi connectivity index (χ4v) is 3.46. The molecule has 2 aliphatic heterocycles. The second-order valence-electron chi connectivity index (χ2n) is 7.69. The molecule has 0 aliphatic carbocycles. The molecule has 0 saturated carbocycles. The molecule has 0 spiro atoms. The van der Waals surface area contributed by atoms with Gasteiger partial charge in [0.25, 0.3) is 0 Å². The maximum Gasteiger partial charge on any atom is 0.193 e. The second-order valence-corrected chi connectivity index (χ2v) is 7.69. The van der Waals surface area contributed by atoms with Crippen LogP contribution in [0, 0.1) is 5.41 Å². The number of ether oxygens (including phenoxy) is 1. The first kappa shape index (κ1) is 21.0. The van der Waals surface area contributed by atoms with E-state index in [9.17, 15) is 0 Å². The number of aliphatic imine (C=N–C) groups is 1.